The number of aromatic hydroxyl groups is 1. The van der Waals surface area contributed by atoms with Crippen LogP contribution in [0.3, 0.4) is 0 Å². The first kappa shape index (κ1) is 36.3. The van der Waals surface area contributed by atoms with E-state index in [9.17, 15) is 44.4 Å². The van der Waals surface area contributed by atoms with E-state index in [2.05, 4.69) is 0 Å². The topological polar surface area (TPSA) is 240 Å². The summed E-state index contributed by atoms with van der Waals surface area (Å²) in [5.74, 6) is -7.05. The monoisotopic (exact) mass is 656 g/mol. The molecule has 2 saturated heterocycles. The lowest BCUT2D eigenvalue weighted by Crippen LogP contribution is -2.65. The molecular formula is C29H36O17. The number of phenols is 1. The van der Waals surface area contributed by atoms with Gasteiger partial charge in [-0.1, -0.05) is 12.1 Å². The first-order chi connectivity index (χ1) is 21.7. The molecule has 0 spiro atoms. The number of carbonyl (C=O) groups is 5. The van der Waals surface area contributed by atoms with E-state index >= 15 is 0 Å². The van der Waals surface area contributed by atoms with Gasteiger partial charge < -0.3 is 58.3 Å². The lowest BCUT2D eigenvalue weighted by molar-refractivity contribution is -0.384. The molecule has 4 N–H and O–H groups in total. The zero-order valence-electron chi connectivity index (χ0n) is 25.3. The maximum absolute atomic E-state index is 12.8. The second kappa shape index (κ2) is 15.9. The molecule has 17 nitrogen and oxygen atoms in total. The van der Waals surface area contributed by atoms with Gasteiger partial charge in [-0.25, -0.2) is 4.79 Å². The number of carbonyl (C=O) groups excluding carboxylic acids is 5. The predicted octanol–water partition coefficient (Wildman–Crippen LogP) is -1.14. The van der Waals surface area contributed by atoms with Crippen molar-refractivity contribution in [2.24, 2.45) is 0 Å². The molecule has 0 unspecified atom stereocenters. The second-order valence-corrected chi connectivity index (χ2v) is 10.3. The molecule has 3 rings (SSSR count). The van der Waals surface area contributed by atoms with Gasteiger partial charge in [-0.15, -0.1) is 0 Å². The Balaban J connectivity index is 2.01. The molecular weight excluding hydrogens is 620 g/mol. The van der Waals surface area contributed by atoms with Gasteiger partial charge in [0.05, 0.1) is 6.61 Å². The maximum Gasteiger partial charge on any atom is 0.331 e. The van der Waals surface area contributed by atoms with Crippen LogP contribution in [0.2, 0.25) is 0 Å². The van der Waals surface area contributed by atoms with Crippen LogP contribution in [0.15, 0.2) is 30.3 Å². The van der Waals surface area contributed by atoms with E-state index in [4.69, 9.17) is 37.9 Å². The van der Waals surface area contributed by atoms with Crippen molar-refractivity contribution in [1.82, 2.24) is 0 Å². The molecule has 1 aromatic carbocycles. The minimum absolute atomic E-state index is 0.00641. The molecule has 254 valence electrons. The predicted molar refractivity (Wildman–Crippen MR) is 148 cm³/mol. The maximum atomic E-state index is 12.8. The largest absolute Gasteiger partial charge is 0.508 e. The minimum atomic E-state index is -2.50. The molecule has 0 aromatic heterocycles. The summed E-state index contributed by atoms with van der Waals surface area (Å²) in [5.41, 5.74) is 0.494. The minimum Gasteiger partial charge on any atom is -0.508 e. The Hall–Kier alpha value is -4.13. The summed E-state index contributed by atoms with van der Waals surface area (Å²) in [4.78, 5) is 60.7. The van der Waals surface area contributed by atoms with Gasteiger partial charge in [-0.3, -0.25) is 19.2 Å². The van der Waals surface area contributed by atoms with Gasteiger partial charge in [-0.2, -0.15) is 0 Å². The normalized spacial score (nSPS) is 30.8. The summed E-state index contributed by atoms with van der Waals surface area (Å²) < 4.78 is 43.9. The molecule has 46 heavy (non-hydrogen) atoms. The summed E-state index contributed by atoms with van der Waals surface area (Å²) in [7, 11) is 0. The van der Waals surface area contributed by atoms with E-state index < -0.39 is 104 Å². The van der Waals surface area contributed by atoms with E-state index in [1.807, 2.05) is 0 Å². The molecule has 1 aromatic rings. The Morgan fingerprint density at radius 1 is 0.826 bits per heavy atom. The molecule has 2 fully saturated rings. The van der Waals surface area contributed by atoms with Crippen LogP contribution < -0.4 is 0 Å². The van der Waals surface area contributed by atoms with E-state index in [1.54, 1.807) is 0 Å². The number of hydrogen-bond acceptors (Lipinski definition) is 17. The Bertz CT molecular complexity index is 1280. The van der Waals surface area contributed by atoms with Gasteiger partial charge >= 0.3 is 29.8 Å². The summed E-state index contributed by atoms with van der Waals surface area (Å²) in [6.07, 6.45) is -11.0. The Labute approximate surface area is 262 Å². The number of rotatable bonds is 12. The van der Waals surface area contributed by atoms with Gasteiger partial charge in [0, 0.05) is 33.8 Å². The fraction of sp³-hybridized carbons (Fsp3) is 0.552. The summed E-state index contributed by atoms with van der Waals surface area (Å²) >= 11 is 0. The van der Waals surface area contributed by atoms with Gasteiger partial charge in [-0.05, 0) is 23.8 Å². The second-order valence-electron chi connectivity index (χ2n) is 10.3. The van der Waals surface area contributed by atoms with Gasteiger partial charge in [0.1, 0.15) is 37.3 Å². The molecule has 0 bridgehead atoms. The van der Waals surface area contributed by atoms with E-state index in [0.29, 0.717) is 5.56 Å². The quantitative estimate of drug-likeness (QED) is 0.118. The smallest absolute Gasteiger partial charge is 0.331 e. The highest BCUT2D eigenvalue weighted by Crippen LogP contribution is 2.39. The van der Waals surface area contributed by atoms with Crippen LogP contribution >= 0.6 is 0 Å². The Kier molecular flexibility index (Phi) is 12.6. The van der Waals surface area contributed by atoms with Crippen molar-refractivity contribution in [3.63, 3.8) is 0 Å². The van der Waals surface area contributed by atoms with Crippen molar-refractivity contribution >= 4 is 35.9 Å². The van der Waals surface area contributed by atoms with Gasteiger partial charge in [0.25, 0.3) is 0 Å². The third-order valence-electron chi connectivity index (χ3n) is 6.69. The first-order valence-corrected chi connectivity index (χ1v) is 13.9. The number of hydrogen-bond donors (Lipinski definition) is 4. The van der Waals surface area contributed by atoms with Crippen LogP contribution in [0.1, 0.15) is 33.3 Å². The number of phenolic OH excluding ortho intramolecular Hbond substituents is 1. The molecule has 0 radical (unpaired) electrons. The van der Waals surface area contributed by atoms with Crippen molar-refractivity contribution in [2.75, 3.05) is 19.8 Å². The number of ether oxygens (including phenoxy) is 8. The molecule has 0 saturated carbocycles. The highest BCUT2D eigenvalue weighted by molar-refractivity contribution is 5.87. The van der Waals surface area contributed by atoms with Crippen LogP contribution in [-0.2, 0) is 61.9 Å². The third kappa shape index (κ3) is 9.21. The highest BCUT2D eigenvalue weighted by Gasteiger charge is 2.62. The summed E-state index contributed by atoms with van der Waals surface area (Å²) in [6, 6.07) is 5.76. The SMILES string of the molecule is CC(=O)OC[C@H]1O[C@H](O[C@]2(CO)O[C@H](CO)[C@@H](O)[C@@H]2OC(=O)C=Cc2ccc(O)cc2)[C@H](OC(C)=O)[C@@H](OC(C)=O)[C@@H]1OC(C)=O. The van der Waals surface area contributed by atoms with E-state index in [1.165, 1.54) is 30.3 Å². The number of benzene rings is 1. The lowest BCUT2D eigenvalue weighted by atomic mass is 9.97. The van der Waals surface area contributed by atoms with Crippen LogP contribution in [0.25, 0.3) is 6.08 Å². The van der Waals surface area contributed by atoms with Crippen LogP contribution in [0, 0.1) is 0 Å². The van der Waals surface area contributed by atoms with Crippen molar-refractivity contribution in [3.05, 3.63) is 35.9 Å². The van der Waals surface area contributed by atoms with Crippen molar-refractivity contribution in [2.45, 2.75) is 82.5 Å². The van der Waals surface area contributed by atoms with E-state index in [0.717, 1.165) is 33.8 Å². The van der Waals surface area contributed by atoms with Crippen LogP contribution in [0.4, 0.5) is 0 Å². The zero-order valence-corrected chi connectivity index (χ0v) is 25.3. The van der Waals surface area contributed by atoms with Crippen molar-refractivity contribution in [3.8, 4) is 5.75 Å². The van der Waals surface area contributed by atoms with Crippen molar-refractivity contribution in [1.29, 1.82) is 0 Å². The highest BCUT2D eigenvalue weighted by atomic mass is 16.8. The molecule has 0 aliphatic carbocycles. The fourth-order valence-electron chi connectivity index (χ4n) is 4.81. The van der Waals surface area contributed by atoms with Crippen LogP contribution in [0.5, 0.6) is 5.75 Å². The summed E-state index contributed by atoms with van der Waals surface area (Å²) in [6.45, 7) is 1.57. The average Bonchev–Trinajstić information content (AvgIpc) is 3.24. The molecule has 2 aliphatic rings. The van der Waals surface area contributed by atoms with E-state index in [-0.39, 0.29) is 5.75 Å². The first-order valence-electron chi connectivity index (χ1n) is 13.9. The van der Waals surface area contributed by atoms with Gasteiger partial charge in [0.2, 0.25) is 12.1 Å². The van der Waals surface area contributed by atoms with Crippen LogP contribution in [-0.4, -0.2) is 125 Å². The summed E-state index contributed by atoms with van der Waals surface area (Å²) in [5, 5.41) is 40.7. The Morgan fingerprint density at radius 2 is 1.41 bits per heavy atom. The molecule has 2 aliphatic heterocycles. The molecule has 2 heterocycles. The Morgan fingerprint density at radius 3 is 1.96 bits per heavy atom. The zero-order chi connectivity index (χ0) is 34.2. The fourth-order valence-corrected chi connectivity index (χ4v) is 4.81. The molecule has 0 amide bonds. The van der Waals surface area contributed by atoms with Gasteiger partial charge in [0.15, 0.2) is 24.4 Å². The third-order valence-corrected chi connectivity index (χ3v) is 6.69. The average molecular weight is 657 g/mol. The number of aliphatic hydroxyl groups excluding tert-OH is 3. The number of esters is 5. The molecule has 17 heteroatoms. The van der Waals surface area contributed by atoms with Crippen molar-refractivity contribution < 1.29 is 82.3 Å². The number of aliphatic hydroxyl groups is 3. The lowest BCUT2D eigenvalue weighted by Gasteiger charge is -2.46. The standard InChI is InChI=1S/C29H36O17/c1-14(32)39-12-21-24(40-15(2)33)25(41-16(3)34)26(42-17(4)35)28(43-21)46-29(13-31)27(23(38)20(11-30)45-29)44-22(37)10-7-18-5-8-19(36)9-6-18/h5-10,20-21,23-28,30-31,36,38H,11-13H2,1-4H3/t20-,21-,23-,24-,25+,26-,27+,28-,29+/m1/s1. The molecule has 9 atom stereocenters.